The lowest BCUT2D eigenvalue weighted by atomic mass is 9.77. The van der Waals surface area contributed by atoms with E-state index in [1.807, 2.05) is 30.3 Å². The number of fused-ring (bicyclic) bond motifs is 3. The molecule has 9 heteroatoms. The minimum atomic E-state index is -0.348. The Bertz CT molecular complexity index is 1240. The lowest BCUT2D eigenvalue weighted by Gasteiger charge is -2.39. The summed E-state index contributed by atoms with van der Waals surface area (Å²) in [6, 6.07) is 18.1. The SMILES string of the molecule is O=[N+]([O-])c1ccccc1S[C@@H]1C[C@H]2[C@@H](c3cccc(Cl)c3N[C@H]2c2cccc(Cl)c2Cl)[C@H]1Cl. The number of thioether (sulfide) groups is 1. The van der Waals surface area contributed by atoms with Gasteiger partial charge in [0.15, 0.2) is 0 Å². The molecule has 170 valence electrons. The number of nitrogens with one attached hydrogen (secondary N) is 1. The Kier molecular flexibility index (Phi) is 6.45. The molecule has 2 aliphatic rings. The summed E-state index contributed by atoms with van der Waals surface area (Å²) in [6.45, 7) is 0. The van der Waals surface area contributed by atoms with E-state index in [1.165, 1.54) is 17.8 Å². The van der Waals surface area contributed by atoms with Crippen LogP contribution in [0.1, 0.15) is 29.5 Å². The fourth-order valence-corrected chi connectivity index (χ4v) is 7.65. The summed E-state index contributed by atoms with van der Waals surface area (Å²) in [7, 11) is 0. The first-order chi connectivity index (χ1) is 15.9. The predicted octanol–water partition coefficient (Wildman–Crippen LogP) is 8.59. The fourth-order valence-electron chi connectivity index (χ4n) is 5.04. The lowest BCUT2D eigenvalue weighted by molar-refractivity contribution is -0.387. The molecule has 1 aliphatic carbocycles. The first kappa shape index (κ1) is 23.1. The van der Waals surface area contributed by atoms with Crippen LogP contribution in [0.5, 0.6) is 0 Å². The van der Waals surface area contributed by atoms with Gasteiger partial charge in [-0.15, -0.1) is 23.4 Å². The van der Waals surface area contributed by atoms with Crippen LogP contribution < -0.4 is 5.32 Å². The molecule has 0 bridgehead atoms. The standard InChI is InChI=1S/C24H18Cl4N2O2S/c25-15-7-4-6-13(21(15)27)23-14-11-19(33-18-10-2-1-9-17(18)30(31)32)22(28)20(14)12-5-3-8-16(26)24(12)29-23/h1-10,14,19-20,22-23,29H,11H2/t14-,19+,20+,22-,23-/m0/s1. The van der Waals surface area contributed by atoms with Gasteiger partial charge in [-0.1, -0.05) is 71.2 Å². The van der Waals surface area contributed by atoms with Crippen LogP contribution in [0.15, 0.2) is 65.6 Å². The van der Waals surface area contributed by atoms with E-state index in [-0.39, 0.29) is 39.1 Å². The van der Waals surface area contributed by atoms with Crippen molar-refractivity contribution in [1.82, 2.24) is 0 Å². The molecule has 1 saturated carbocycles. The molecule has 1 heterocycles. The van der Waals surface area contributed by atoms with Crippen LogP contribution in [0.4, 0.5) is 11.4 Å². The number of para-hydroxylation sites is 2. The van der Waals surface area contributed by atoms with Crippen molar-refractivity contribution in [3.63, 3.8) is 0 Å². The third-order valence-corrected chi connectivity index (χ3v) is 9.71. The van der Waals surface area contributed by atoms with Gasteiger partial charge in [0.25, 0.3) is 5.69 Å². The van der Waals surface area contributed by atoms with E-state index >= 15 is 0 Å². The zero-order valence-electron chi connectivity index (χ0n) is 17.1. The third kappa shape index (κ3) is 4.08. The van der Waals surface area contributed by atoms with E-state index in [4.69, 9.17) is 46.4 Å². The quantitative estimate of drug-likeness (QED) is 0.205. The van der Waals surface area contributed by atoms with Gasteiger partial charge in [-0.2, -0.15) is 0 Å². The van der Waals surface area contributed by atoms with Gasteiger partial charge in [0.1, 0.15) is 0 Å². The highest BCUT2D eigenvalue weighted by Gasteiger charge is 2.51. The van der Waals surface area contributed by atoms with E-state index in [0.717, 1.165) is 23.2 Å². The lowest BCUT2D eigenvalue weighted by Crippen LogP contribution is -2.31. The largest absolute Gasteiger partial charge is 0.376 e. The van der Waals surface area contributed by atoms with Crippen molar-refractivity contribution in [2.24, 2.45) is 5.92 Å². The number of rotatable bonds is 4. The van der Waals surface area contributed by atoms with E-state index in [1.54, 1.807) is 18.2 Å². The van der Waals surface area contributed by atoms with Crippen LogP contribution in [-0.4, -0.2) is 15.6 Å². The normalized spacial score (nSPS) is 25.8. The molecule has 4 nitrogen and oxygen atoms in total. The topological polar surface area (TPSA) is 55.2 Å². The van der Waals surface area contributed by atoms with Crippen LogP contribution in [0.25, 0.3) is 0 Å². The summed E-state index contributed by atoms with van der Waals surface area (Å²) in [6.07, 6.45) is 0.752. The minimum Gasteiger partial charge on any atom is -0.376 e. The molecule has 0 amide bonds. The first-order valence-corrected chi connectivity index (χ1v) is 12.8. The summed E-state index contributed by atoms with van der Waals surface area (Å²) < 4.78 is 0. The minimum absolute atomic E-state index is 0.00179. The van der Waals surface area contributed by atoms with Gasteiger partial charge >= 0.3 is 0 Å². The molecule has 3 aromatic carbocycles. The molecule has 5 atom stereocenters. The van der Waals surface area contributed by atoms with Gasteiger partial charge in [0, 0.05) is 17.2 Å². The van der Waals surface area contributed by atoms with E-state index < -0.39 is 0 Å². The monoisotopic (exact) mass is 538 g/mol. The highest BCUT2D eigenvalue weighted by molar-refractivity contribution is 8.00. The second-order valence-corrected chi connectivity index (χ2v) is 11.2. The van der Waals surface area contributed by atoms with Crippen LogP contribution in [0.3, 0.4) is 0 Å². The van der Waals surface area contributed by atoms with Gasteiger partial charge in [-0.25, -0.2) is 0 Å². The van der Waals surface area contributed by atoms with Gasteiger partial charge < -0.3 is 5.32 Å². The predicted molar refractivity (Wildman–Crippen MR) is 138 cm³/mol. The Morgan fingerprint density at radius 2 is 1.64 bits per heavy atom. The second kappa shape index (κ2) is 9.20. The third-order valence-electron chi connectivity index (χ3n) is 6.45. The number of benzene rings is 3. The molecule has 0 radical (unpaired) electrons. The molecular formula is C24H18Cl4N2O2S. The van der Waals surface area contributed by atoms with Crippen LogP contribution in [0, 0.1) is 16.0 Å². The zero-order valence-corrected chi connectivity index (χ0v) is 20.9. The molecule has 0 spiro atoms. The number of anilines is 1. The number of hydrogen-bond acceptors (Lipinski definition) is 4. The molecule has 1 aliphatic heterocycles. The van der Waals surface area contributed by atoms with Gasteiger partial charge in [0.05, 0.1) is 42.0 Å². The Balaban J connectivity index is 1.57. The highest BCUT2D eigenvalue weighted by Crippen LogP contribution is 2.59. The molecule has 0 saturated heterocycles. The van der Waals surface area contributed by atoms with E-state index in [9.17, 15) is 10.1 Å². The average Bonchev–Trinajstić information content (AvgIpc) is 3.12. The Hall–Kier alpha value is -1.63. The number of alkyl halides is 1. The molecule has 3 aromatic rings. The number of nitro benzene ring substituents is 1. The van der Waals surface area contributed by atoms with Crippen LogP contribution in [-0.2, 0) is 0 Å². The molecule has 0 unspecified atom stereocenters. The number of nitro groups is 1. The average molecular weight is 540 g/mol. The highest BCUT2D eigenvalue weighted by atomic mass is 35.5. The molecule has 33 heavy (non-hydrogen) atoms. The van der Waals surface area contributed by atoms with Crippen LogP contribution >= 0.6 is 58.2 Å². The van der Waals surface area contributed by atoms with Gasteiger partial charge in [0.2, 0.25) is 0 Å². The van der Waals surface area contributed by atoms with Crippen LogP contribution in [0.2, 0.25) is 15.1 Å². The van der Waals surface area contributed by atoms with Crippen molar-refractivity contribution in [2.75, 3.05) is 5.32 Å². The van der Waals surface area contributed by atoms with Crippen molar-refractivity contribution in [1.29, 1.82) is 0 Å². The smallest absolute Gasteiger partial charge is 0.282 e. The molecule has 5 rings (SSSR count). The van der Waals surface area contributed by atoms with E-state index in [2.05, 4.69) is 11.4 Å². The second-order valence-electron chi connectivity index (χ2n) is 8.22. The Morgan fingerprint density at radius 3 is 2.39 bits per heavy atom. The Labute approximate surface area is 215 Å². The molecule has 1 fully saturated rings. The maximum Gasteiger partial charge on any atom is 0.282 e. The van der Waals surface area contributed by atoms with Gasteiger partial charge in [-0.3, -0.25) is 10.1 Å². The summed E-state index contributed by atoms with van der Waals surface area (Å²) in [4.78, 5) is 11.8. The zero-order chi connectivity index (χ0) is 23.3. The number of nitrogens with zero attached hydrogens (tertiary/aromatic N) is 1. The number of halogens is 4. The fraction of sp³-hybridized carbons (Fsp3) is 0.250. The molecule has 0 aromatic heterocycles. The first-order valence-electron chi connectivity index (χ1n) is 10.4. The van der Waals surface area contributed by atoms with E-state index in [0.29, 0.717) is 20.0 Å². The molecule has 1 N–H and O–H groups in total. The molecular weight excluding hydrogens is 522 g/mol. The summed E-state index contributed by atoms with van der Waals surface area (Å²) in [5.74, 6) is 0.108. The Morgan fingerprint density at radius 1 is 0.939 bits per heavy atom. The maximum atomic E-state index is 11.5. The van der Waals surface area contributed by atoms with Crippen molar-refractivity contribution in [3.05, 3.63) is 97.0 Å². The van der Waals surface area contributed by atoms with Crippen molar-refractivity contribution in [3.8, 4) is 0 Å². The summed E-state index contributed by atoms with van der Waals surface area (Å²) in [5.41, 5.74) is 2.90. The van der Waals surface area contributed by atoms with Crippen molar-refractivity contribution < 1.29 is 4.92 Å². The van der Waals surface area contributed by atoms with Crippen molar-refractivity contribution >= 4 is 69.5 Å². The number of hydrogen-bond donors (Lipinski definition) is 1. The van der Waals surface area contributed by atoms with Crippen molar-refractivity contribution in [2.45, 2.75) is 33.9 Å². The maximum absolute atomic E-state index is 11.5. The van der Waals surface area contributed by atoms with Gasteiger partial charge in [-0.05, 0) is 41.7 Å². The summed E-state index contributed by atoms with van der Waals surface area (Å²) >= 11 is 28.1. The summed E-state index contributed by atoms with van der Waals surface area (Å²) in [5, 5.41) is 16.5.